The van der Waals surface area contributed by atoms with E-state index in [1.807, 2.05) is 24.3 Å². The SMILES string of the molecule is CCOC(=O)C(C)NC(=O)C1OCCc2ccccc21. The lowest BCUT2D eigenvalue weighted by atomic mass is 9.97. The smallest absolute Gasteiger partial charge is 0.328 e. The molecule has 0 aromatic heterocycles. The Morgan fingerprint density at radius 3 is 2.95 bits per heavy atom. The maximum absolute atomic E-state index is 12.2. The van der Waals surface area contributed by atoms with E-state index >= 15 is 0 Å². The van der Waals surface area contributed by atoms with E-state index in [4.69, 9.17) is 9.47 Å². The van der Waals surface area contributed by atoms with Gasteiger partial charge in [-0.3, -0.25) is 4.79 Å². The van der Waals surface area contributed by atoms with E-state index in [0.29, 0.717) is 13.2 Å². The van der Waals surface area contributed by atoms with Crippen molar-refractivity contribution in [1.82, 2.24) is 5.32 Å². The van der Waals surface area contributed by atoms with Crippen LogP contribution in [0.2, 0.25) is 0 Å². The summed E-state index contributed by atoms with van der Waals surface area (Å²) in [6, 6.07) is 7.02. The lowest BCUT2D eigenvalue weighted by Gasteiger charge is -2.26. The van der Waals surface area contributed by atoms with Gasteiger partial charge in [0.25, 0.3) is 5.91 Å². The quantitative estimate of drug-likeness (QED) is 0.844. The van der Waals surface area contributed by atoms with Crippen molar-refractivity contribution in [2.45, 2.75) is 32.4 Å². The molecule has 0 fully saturated rings. The fourth-order valence-electron chi connectivity index (χ4n) is 2.23. The molecule has 1 aliphatic heterocycles. The van der Waals surface area contributed by atoms with Gasteiger partial charge in [-0.1, -0.05) is 24.3 Å². The second-order valence-corrected chi connectivity index (χ2v) is 4.68. The summed E-state index contributed by atoms with van der Waals surface area (Å²) in [6.07, 6.45) is 0.143. The molecule has 2 rings (SSSR count). The fourth-order valence-corrected chi connectivity index (χ4v) is 2.23. The van der Waals surface area contributed by atoms with Crippen LogP contribution in [0.5, 0.6) is 0 Å². The molecule has 0 saturated heterocycles. The molecule has 1 aromatic rings. The number of amides is 1. The van der Waals surface area contributed by atoms with Crippen LogP contribution in [0.3, 0.4) is 0 Å². The van der Waals surface area contributed by atoms with Crippen LogP contribution in [0.4, 0.5) is 0 Å². The molecule has 5 nitrogen and oxygen atoms in total. The molecule has 0 aliphatic carbocycles. The predicted octanol–water partition coefficient (Wildman–Crippen LogP) is 1.37. The number of fused-ring (bicyclic) bond motifs is 1. The molecule has 0 spiro atoms. The number of ether oxygens (including phenoxy) is 2. The summed E-state index contributed by atoms with van der Waals surface area (Å²) in [5, 5.41) is 2.64. The van der Waals surface area contributed by atoms with E-state index in [1.54, 1.807) is 13.8 Å². The van der Waals surface area contributed by atoms with Crippen molar-refractivity contribution in [1.29, 1.82) is 0 Å². The molecule has 108 valence electrons. The number of hydrogen-bond donors (Lipinski definition) is 1. The van der Waals surface area contributed by atoms with Gasteiger partial charge in [0, 0.05) is 0 Å². The molecule has 0 saturated carbocycles. The van der Waals surface area contributed by atoms with Gasteiger partial charge in [0.05, 0.1) is 13.2 Å². The summed E-state index contributed by atoms with van der Waals surface area (Å²) in [5.41, 5.74) is 1.98. The van der Waals surface area contributed by atoms with Crippen molar-refractivity contribution >= 4 is 11.9 Å². The lowest BCUT2D eigenvalue weighted by molar-refractivity contribution is -0.148. The molecular formula is C15H19NO4. The van der Waals surface area contributed by atoms with Crippen LogP contribution >= 0.6 is 0 Å². The Morgan fingerprint density at radius 2 is 2.20 bits per heavy atom. The zero-order chi connectivity index (χ0) is 14.5. The molecule has 1 aromatic carbocycles. The van der Waals surface area contributed by atoms with Crippen LogP contribution in [0.1, 0.15) is 31.1 Å². The van der Waals surface area contributed by atoms with Crippen molar-refractivity contribution in [3.63, 3.8) is 0 Å². The second kappa shape index (κ2) is 6.52. The number of hydrogen-bond acceptors (Lipinski definition) is 4. The zero-order valence-corrected chi connectivity index (χ0v) is 11.7. The third-order valence-corrected chi connectivity index (χ3v) is 3.23. The average Bonchev–Trinajstić information content (AvgIpc) is 2.46. The number of nitrogens with one attached hydrogen (secondary N) is 1. The van der Waals surface area contributed by atoms with Gasteiger partial charge in [-0.2, -0.15) is 0 Å². The van der Waals surface area contributed by atoms with Crippen molar-refractivity contribution < 1.29 is 19.1 Å². The first-order valence-corrected chi connectivity index (χ1v) is 6.80. The van der Waals surface area contributed by atoms with Crippen LogP contribution in [0.15, 0.2) is 24.3 Å². The highest BCUT2D eigenvalue weighted by Gasteiger charge is 2.29. The highest BCUT2D eigenvalue weighted by Crippen LogP contribution is 2.27. The first-order valence-electron chi connectivity index (χ1n) is 6.80. The van der Waals surface area contributed by atoms with Gasteiger partial charge >= 0.3 is 5.97 Å². The van der Waals surface area contributed by atoms with E-state index in [-0.39, 0.29) is 5.91 Å². The molecule has 0 bridgehead atoms. The number of carbonyl (C=O) groups is 2. The molecule has 1 amide bonds. The van der Waals surface area contributed by atoms with Gasteiger partial charge in [0.2, 0.25) is 0 Å². The first-order chi connectivity index (χ1) is 9.63. The van der Waals surface area contributed by atoms with Crippen molar-refractivity contribution in [2.75, 3.05) is 13.2 Å². The Morgan fingerprint density at radius 1 is 1.45 bits per heavy atom. The third-order valence-electron chi connectivity index (χ3n) is 3.23. The second-order valence-electron chi connectivity index (χ2n) is 4.68. The topological polar surface area (TPSA) is 64.6 Å². The highest BCUT2D eigenvalue weighted by molar-refractivity contribution is 5.87. The van der Waals surface area contributed by atoms with E-state index in [2.05, 4.69) is 5.32 Å². The van der Waals surface area contributed by atoms with Gasteiger partial charge in [-0.05, 0) is 31.4 Å². The van der Waals surface area contributed by atoms with E-state index in [1.165, 1.54) is 0 Å². The first kappa shape index (κ1) is 14.5. The number of carbonyl (C=O) groups excluding carboxylic acids is 2. The molecule has 5 heteroatoms. The highest BCUT2D eigenvalue weighted by atomic mass is 16.5. The maximum Gasteiger partial charge on any atom is 0.328 e. The summed E-state index contributed by atoms with van der Waals surface area (Å²) in [5.74, 6) is -0.748. The summed E-state index contributed by atoms with van der Waals surface area (Å²) >= 11 is 0. The Kier molecular flexibility index (Phi) is 4.74. The van der Waals surface area contributed by atoms with E-state index in [0.717, 1.165) is 17.5 Å². The fraction of sp³-hybridized carbons (Fsp3) is 0.467. The largest absolute Gasteiger partial charge is 0.464 e. The predicted molar refractivity (Wildman–Crippen MR) is 73.1 cm³/mol. The number of rotatable bonds is 4. The van der Waals surface area contributed by atoms with Gasteiger partial charge in [0.15, 0.2) is 6.10 Å². The molecule has 2 atom stereocenters. The van der Waals surface area contributed by atoms with Crippen LogP contribution in [-0.2, 0) is 25.5 Å². The van der Waals surface area contributed by atoms with Crippen LogP contribution in [0, 0.1) is 0 Å². The van der Waals surface area contributed by atoms with Gasteiger partial charge in [-0.15, -0.1) is 0 Å². The Bertz CT molecular complexity index is 500. The lowest BCUT2D eigenvalue weighted by Crippen LogP contribution is -2.43. The summed E-state index contributed by atoms with van der Waals surface area (Å²) in [6.45, 7) is 4.13. The molecule has 1 aliphatic rings. The van der Waals surface area contributed by atoms with Gasteiger partial charge in [-0.25, -0.2) is 4.79 Å². The molecule has 20 heavy (non-hydrogen) atoms. The summed E-state index contributed by atoms with van der Waals surface area (Å²) < 4.78 is 10.4. The monoisotopic (exact) mass is 277 g/mol. The van der Waals surface area contributed by atoms with Gasteiger partial charge in [0.1, 0.15) is 6.04 Å². The third kappa shape index (κ3) is 3.17. The molecule has 0 radical (unpaired) electrons. The number of benzene rings is 1. The van der Waals surface area contributed by atoms with E-state index < -0.39 is 18.1 Å². The minimum Gasteiger partial charge on any atom is -0.464 e. The minimum atomic E-state index is -0.680. The molecule has 1 heterocycles. The normalized spacial score (nSPS) is 18.8. The van der Waals surface area contributed by atoms with Crippen LogP contribution < -0.4 is 5.32 Å². The minimum absolute atomic E-state index is 0.293. The standard InChI is InChI=1S/C15H19NO4/c1-3-19-15(18)10(2)16-14(17)13-12-7-5-4-6-11(12)8-9-20-13/h4-7,10,13H,3,8-9H2,1-2H3,(H,16,17). The van der Waals surface area contributed by atoms with Crippen LogP contribution in [-0.4, -0.2) is 31.1 Å². The van der Waals surface area contributed by atoms with E-state index in [9.17, 15) is 9.59 Å². The molecule has 2 unspecified atom stereocenters. The zero-order valence-electron chi connectivity index (χ0n) is 11.7. The molecule has 1 N–H and O–H groups in total. The van der Waals surface area contributed by atoms with Crippen molar-refractivity contribution in [3.8, 4) is 0 Å². The van der Waals surface area contributed by atoms with Crippen molar-refractivity contribution in [2.24, 2.45) is 0 Å². The Hall–Kier alpha value is -1.88. The Balaban J connectivity index is 2.05. The maximum atomic E-state index is 12.2. The van der Waals surface area contributed by atoms with Gasteiger partial charge < -0.3 is 14.8 Å². The molecular weight excluding hydrogens is 258 g/mol. The van der Waals surface area contributed by atoms with Crippen LogP contribution in [0.25, 0.3) is 0 Å². The Labute approximate surface area is 118 Å². The summed E-state index contributed by atoms with van der Waals surface area (Å²) in [4.78, 5) is 23.8. The number of esters is 1. The van der Waals surface area contributed by atoms with Crippen molar-refractivity contribution in [3.05, 3.63) is 35.4 Å². The summed E-state index contributed by atoms with van der Waals surface area (Å²) in [7, 11) is 0. The average molecular weight is 277 g/mol.